The summed E-state index contributed by atoms with van der Waals surface area (Å²) in [5, 5.41) is 3.39. The van der Waals surface area contributed by atoms with Gasteiger partial charge in [0.15, 0.2) is 24.6 Å². The Balaban J connectivity index is 1.77. The summed E-state index contributed by atoms with van der Waals surface area (Å²) in [5.74, 6) is 4.29. The first kappa shape index (κ1) is 27.7. The predicted molar refractivity (Wildman–Crippen MR) is 134 cm³/mol. The van der Waals surface area contributed by atoms with Crippen LogP contribution in [0.5, 0.6) is 0 Å². The summed E-state index contributed by atoms with van der Waals surface area (Å²) in [6.45, 7) is 5.22. The van der Waals surface area contributed by atoms with Gasteiger partial charge in [-0.05, 0) is 24.6 Å². The Morgan fingerprint density at radius 1 is 0.838 bits per heavy atom. The third kappa shape index (κ3) is 8.34. The van der Waals surface area contributed by atoms with E-state index in [0.29, 0.717) is 0 Å². The zero-order valence-electron chi connectivity index (χ0n) is 21.2. The van der Waals surface area contributed by atoms with E-state index in [9.17, 15) is 14.4 Å². The van der Waals surface area contributed by atoms with Crippen molar-refractivity contribution in [1.29, 1.82) is 0 Å². The van der Waals surface area contributed by atoms with Crippen LogP contribution in [-0.2, 0) is 38.1 Å². The Hall–Kier alpha value is -3.87. The second kappa shape index (κ2) is 13.4. The molecule has 1 fully saturated rings. The molecule has 1 saturated heterocycles. The number of rotatable bonds is 8. The van der Waals surface area contributed by atoms with E-state index < -0.39 is 48.6 Å². The van der Waals surface area contributed by atoms with Crippen LogP contribution in [0.3, 0.4) is 0 Å². The highest BCUT2D eigenvalue weighted by atomic mass is 16.7. The minimum Gasteiger partial charge on any atom is -0.456 e. The molecule has 9 nitrogen and oxygen atoms in total. The van der Waals surface area contributed by atoms with E-state index in [-0.39, 0.29) is 12.6 Å². The van der Waals surface area contributed by atoms with Crippen LogP contribution in [0.4, 0.5) is 5.69 Å². The summed E-state index contributed by atoms with van der Waals surface area (Å²) in [6.07, 6.45) is -5.11. The summed E-state index contributed by atoms with van der Waals surface area (Å²) >= 11 is 0. The Labute approximate surface area is 216 Å². The lowest BCUT2D eigenvalue weighted by Crippen LogP contribution is -2.61. The molecule has 2 aromatic rings. The Morgan fingerprint density at radius 2 is 1.38 bits per heavy atom. The van der Waals surface area contributed by atoms with Crippen LogP contribution in [0.2, 0.25) is 0 Å². The van der Waals surface area contributed by atoms with Crippen LogP contribution < -0.4 is 5.32 Å². The number of esters is 3. The Bertz CT molecular complexity index is 1110. The molecule has 0 bridgehead atoms. The third-order valence-electron chi connectivity index (χ3n) is 5.42. The summed E-state index contributed by atoms with van der Waals surface area (Å²) in [6, 6.07) is 19.1. The van der Waals surface area contributed by atoms with Gasteiger partial charge in [0.2, 0.25) is 0 Å². The van der Waals surface area contributed by atoms with E-state index in [2.05, 4.69) is 17.2 Å². The molecule has 0 saturated carbocycles. The van der Waals surface area contributed by atoms with Gasteiger partial charge in [0.1, 0.15) is 12.6 Å². The van der Waals surface area contributed by atoms with Gasteiger partial charge < -0.3 is 29.0 Å². The van der Waals surface area contributed by atoms with Gasteiger partial charge in [-0.25, -0.2) is 0 Å². The number of hydrogen-bond acceptors (Lipinski definition) is 9. The lowest BCUT2D eigenvalue weighted by Gasteiger charge is -2.43. The number of carbonyl (C=O) groups is 3. The maximum atomic E-state index is 11.8. The summed E-state index contributed by atoms with van der Waals surface area (Å²) in [4.78, 5) is 35.3. The van der Waals surface area contributed by atoms with Crippen molar-refractivity contribution >= 4 is 23.6 Å². The maximum absolute atomic E-state index is 11.8. The molecule has 9 heteroatoms. The molecule has 37 heavy (non-hydrogen) atoms. The SMILES string of the molecule is CC(=O)O[C@@H]1[C@@H](OC(C)=O)[C@H](C)O[C@@H](OCC#CC(Nc2ccccc2)c2ccccc2)[C@@H]1OC(C)=O. The number of carbonyl (C=O) groups excluding carboxylic acids is 3. The standard InChI is InChI=1S/C28H31NO8/c1-18-25(35-19(2)30)26(36-20(3)31)27(37-21(4)32)28(34-18)33-17-11-16-24(22-12-7-5-8-13-22)29-23-14-9-6-10-15-23/h5-10,12-15,18,24-29H,17H2,1-4H3/t18-,24?,25-,26+,27+,28+/m0/s1. The van der Waals surface area contributed by atoms with E-state index in [4.69, 9.17) is 23.7 Å². The number of anilines is 1. The lowest BCUT2D eigenvalue weighted by molar-refractivity contribution is -0.298. The van der Waals surface area contributed by atoms with E-state index in [1.165, 1.54) is 20.8 Å². The molecule has 1 aliphatic rings. The lowest BCUT2D eigenvalue weighted by atomic mass is 9.99. The maximum Gasteiger partial charge on any atom is 0.303 e. The molecule has 1 N–H and O–H groups in total. The average Bonchev–Trinajstić information content (AvgIpc) is 2.85. The molecule has 1 heterocycles. The number of benzene rings is 2. The van der Waals surface area contributed by atoms with Crippen molar-refractivity contribution in [3.05, 3.63) is 66.2 Å². The Kier molecular flexibility index (Phi) is 10.1. The quantitative estimate of drug-likeness (QED) is 0.325. The average molecular weight is 510 g/mol. The second-order valence-corrected chi connectivity index (χ2v) is 8.42. The monoisotopic (exact) mass is 509 g/mol. The van der Waals surface area contributed by atoms with E-state index in [1.807, 2.05) is 60.7 Å². The van der Waals surface area contributed by atoms with Gasteiger partial charge in [0.25, 0.3) is 0 Å². The summed E-state index contributed by atoms with van der Waals surface area (Å²) < 4.78 is 27.8. The molecule has 0 amide bonds. The van der Waals surface area contributed by atoms with Crippen molar-refractivity contribution in [3.63, 3.8) is 0 Å². The molecule has 196 valence electrons. The number of ether oxygens (including phenoxy) is 5. The molecular weight excluding hydrogens is 478 g/mol. The van der Waals surface area contributed by atoms with E-state index in [0.717, 1.165) is 11.3 Å². The number of para-hydroxylation sites is 1. The van der Waals surface area contributed by atoms with Crippen LogP contribution in [-0.4, -0.2) is 55.2 Å². The minimum absolute atomic E-state index is 0.0695. The molecular formula is C28H31NO8. The number of nitrogens with one attached hydrogen (secondary N) is 1. The van der Waals surface area contributed by atoms with E-state index >= 15 is 0 Å². The minimum atomic E-state index is -1.17. The molecule has 0 aliphatic carbocycles. The molecule has 0 aromatic heterocycles. The predicted octanol–water partition coefficient (Wildman–Crippen LogP) is 3.40. The molecule has 3 rings (SSSR count). The molecule has 0 spiro atoms. The first-order chi connectivity index (χ1) is 17.7. The highest BCUT2D eigenvalue weighted by Crippen LogP contribution is 2.29. The highest BCUT2D eigenvalue weighted by Gasteiger charge is 2.50. The van der Waals surface area contributed by atoms with Crippen molar-refractivity contribution in [2.24, 2.45) is 0 Å². The van der Waals surface area contributed by atoms with Gasteiger partial charge in [-0.1, -0.05) is 60.4 Å². The van der Waals surface area contributed by atoms with Gasteiger partial charge in [-0.15, -0.1) is 0 Å². The third-order valence-corrected chi connectivity index (χ3v) is 5.42. The van der Waals surface area contributed by atoms with Gasteiger partial charge in [-0.2, -0.15) is 0 Å². The highest BCUT2D eigenvalue weighted by molar-refractivity contribution is 5.68. The number of hydrogen-bond donors (Lipinski definition) is 1. The first-order valence-electron chi connectivity index (χ1n) is 11.9. The zero-order chi connectivity index (χ0) is 26.8. The normalized spacial score (nSPS) is 23.5. The molecule has 0 radical (unpaired) electrons. The van der Waals surface area contributed by atoms with Crippen LogP contribution in [0, 0.1) is 11.8 Å². The fourth-order valence-corrected chi connectivity index (χ4v) is 3.92. The van der Waals surface area contributed by atoms with Crippen molar-refractivity contribution in [3.8, 4) is 11.8 Å². The van der Waals surface area contributed by atoms with Crippen molar-refractivity contribution in [2.75, 3.05) is 11.9 Å². The van der Waals surface area contributed by atoms with Gasteiger partial charge in [0, 0.05) is 26.5 Å². The van der Waals surface area contributed by atoms with Crippen molar-refractivity contribution in [2.45, 2.75) is 64.4 Å². The fourth-order valence-electron chi connectivity index (χ4n) is 3.92. The van der Waals surface area contributed by atoms with Gasteiger partial charge in [-0.3, -0.25) is 14.4 Å². The molecule has 1 aliphatic heterocycles. The Morgan fingerprint density at radius 3 is 1.97 bits per heavy atom. The van der Waals surface area contributed by atoms with E-state index in [1.54, 1.807) is 6.92 Å². The topological polar surface area (TPSA) is 109 Å². The molecule has 2 aromatic carbocycles. The fraction of sp³-hybridized carbons (Fsp3) is 0.393. The van der Waals surface area contributed by atoms with Crippen LogP contribution in [0.1, 0.15) is 39.3 Å². The zero-order valence-corrected chi connectivity index (χ0v) is 21.2. The summed E-state index contributed by atoms with van der Waals surface area (Å²) in [7, 11) is 0. The van der Waals surface area contributed by atoms with Crippen LogP contribution >= 0.6 is 0 Å². The largest absolute Gasteiger partial charge is 0.456 e. The van der Waals surface area contributed by atoms with Crippen LogP contribution in [0.25, 0.3) is 0 Å². The van der Waals surface area contributed by atoms with Crippen molar-refractivity contribution < 1.29 is 38.1 Å². The first-order valence-corrected chi connectivity index (χ1v) is 11.9. The van der Waals surface area contributed by atoms with Gasteiger partial charge in [0.05, 0.1) is 6.10 Å². The smallest absolute Gasteiger partial charge is 0.303 e. The second-order valence-electron chi connectivity index (χ2n) is 8.42. The van der Waals surface area contributed by atoms with Crippen LogP contribution in [0.15, 0.2) is 60.7 Å². The molecule has 1 unspecified atom stereocenters. The molecule has 6 atom stereocenters. The summed E-state index contributed by atoms with van der Waals surface area (Å²) in [5.41, 5.74) is 1.88. The van der Waals surface area contributed by atoms with Gasteiger partial charge >= 0.3 is 17.9 Å². The van der Waals surface area contributed by atoms with Crippen molar-refractivity contribution in [1.82, 2.24) is 0 Å².